The van der Waals surface area contributed by atoms with Crippen LogP contribution in [-0.2, 0) is 0 Å². The smallest absolute Gasteiger partial charge is 0.136 e. The topological polar surface area (TPSA) is 47.6 Å². The van der Waals surface area contributed by atoms with Crippen LogP contribution in [0.3, 0.4) is 0 Å². The van der Waals surface area contributed by atoms with Gasteiger partial charge in [-0.1, -0.05) is 47.5 Å². The molecule has 0 heterocycles. The van der Waals surface area contributed by atoms with Crippen molar-refractivity contribution in [1.82, 2.24) is 0 Å². The molecule has 0 aromatic heterocycles. The molecule has 0 aliphatic heterocycles. The molecule has 4 heteroatoms. The summed E-state index contributed by atoms with van der Waals surface area (Å²) in [6.07, 6.45) is 0. The Hall–Kier alpha value is -1.48. The van der Waals surface area contributed by atoms with Gasteiger partial charge in [0.05, 0.1) is 0 Å². The van der Waals surface area contributed by atoms with Crippen molar-refractivity contribution < 1.29 is 0 Å². The van der Waals surface area contributed by atoms with Crippen molar-refractivity contribution in [2.45, 2.75) is 0 Å². The van der Waals surface area contributed by atoms with Crippen molar-refractivity contribution in [3.63, 3.8) is 0 Å². The van der Waals surface area contributed by atoms with E-state index in [-0.39, 0.29) is 10.1 Å². The molecule has 2 nitrogen and oxygen atoms in total. The third-order valence-corrected chi connectivity index (χ3v) is 2.05. The van der Waals surface area contributed by atoms with E-state index in [1.165, 1.54) is 0 Å². The summed E-state index contributed by atoms with van der Waals surface area (Å²) in [5, 5.41) is 18.4. The first-order valence-corrected chi connectivity index (χ1v) is 4.40. The van der Waals surface area contributed by atoms with Crippen LogP contribution >= 0.6 is 23.2 Å². The summed E-state index contributed by atoms with van der Waals surface area (Å²) in [6, 6.07) is 10.2. The molecule has 0 saturated heterocycles. The highest BCUT2D eigenvalue weighted by Gasteiger charge is 1.93. The second-order valence-corrected chi connectivity index (χ2v) is 3.39. The van der Waals surface area contributed by atoms with Gasteiger partial charge in [0.1, 0.15) is 22.2 Å². The maximum absolute atomic E-state index is 8.59. The quantitative estimate of drug-likeness (QED) is 0.667. The SMILES string of the molecule is N#CC(C#N)=c1ccc(=C(Cl)Cl)cc1. The molecule has 0 unspecified atom stereocenters. The normalized spacial score (nSPS) is 8.57. The van der Waals surface area contributed by atoms with Crippen molar-refractivity contribution in [3.8, 4) is 12.1 Å². The summed E-state index contributed by atoms with van der Waals surface area (Å²) in [4.78, 5) is 0. The average Bonchev–Trinajstić information content (AvgIpc) is 2.20. The Morgan fingerprint density at radius 3 is 1.71 bits per heavy atom. The lowest BCUT2D eigenvalue weighted by molar-refractivity contribution is 1.48. The number of nitrogens with zero attached hydrogens (tertiary/aromatic N) is 2. The molecular weight excluding hydrogens is 219 g/mol. The van der Waals surface area contributed by atoms with Crippen molar-refractivity contribution in [1.29, 1.82) is 10.5 Å². The number of hydrogen-bond donors (Lipinski definition) is 0. The molecule has 0 fully saturated rings. The van der Waals surface area contributed by atoms with E-state index in [1.807, 2.05) is 0 Å². The number of nitriles is 2. The Morgan fingerprint density at radius 2 is 1.36 bits per heavy atom. The van der Waals surface area contributed by atoms with E-state index >= 15 is 0 Å². The van der Waals surface area contributed by atoms with Crippen LogP contribution in [0.5, 0.6) is 0 Å². The minimum atomic E-state index is 0.0715. The Balaban J connectivity index is 3.50. The molecule has 0 aliphatic carbocycles. The summed E-state index contributed by atoms with van der Waals surface area (Å²) < 4.78 is 0.159. The van der Waals surface area contributed by atoms with E-state index in [2.05, 4.69) is 0 Å². The van der Waals surface area contributed by atoms with Gasteiger partial charge < -0.3 is 0 Å². The standard InChI is InChI=1S/C10H4Cl2N2/c11-10(12)8-3-1-7(2-4-8)9(5-13)6-14/h1-4H. The first-order valence-electron chi connectivity index (χ1n) is 3.65. The highest BCUT2D eigenvalue weighted by Crippen LogP contribution is 2.03. The summed E-state index contributed by atoms with van der Waals surface area (Å²) in [5.41, 5.74) is 0.0715. The highest BCUT2D eigenvalue weighted by molar-refractivity contribution is 6.73. The minimum absolute atomic E-state index is 0.0715. The maximum Gasteiger partial charge on any atom is 0.136 e. The zero-order valence-electron chi connectivity index (χ0n) is 6.96. The number of rotatable bonds is 0. The van der Waals surface area contributed by atoms with Gasteiger partial charge in [-0.3, -0.25) is 0 Å². The van der Waals surface area contributed by atoms with Crippen LogP contribution in [0.2, 0.25) is 0 Å². The third-order valence-electron chi connectivity index (χ3n) is 1.62. The second-order valence-electron chi connectivity index (χ2n) is 2.44. The average molecular weight is 223 g/mol. The van der Waals surface area contributed by atoms with Gasteiger partial charge in [0.25, 0.3) is 0 Å². The van der Waals surface area contributed by atoms with E-state index in [4.69, 9.17) is 33.7 Å². The number of benzene rings is 1. The van der Waals surface area contributed by atoms with E-state index < -0.39 is 0 Å². The molecule has 1 rings (SSSR count). The Labute approximate surface area is 90.9 Å². The highest BCUT2D eigenvalue weighted by atomic mass is 35.5. The van der Waals surface area contributed by atoms with Crippen LogP contribution in [0.4, 0.5) is 0 Å². The molecule has 0 N–H and O–H groups in total. The van der Waals surface area contributed by atoms with Crippen molar-refractivity contribution in [3.05, 3.63) is 34.7 Å². The Bertz CT molecular complexity index is 503. The van der Waals surface area contributed by atoms with Gasteiger partial charge in [-0.25, -0.2) is 0 Å². The van der Waals surface area contributed by atoms with Crippen LogP contribution in [0.25, 0.3) is 10.1 Å². The molecule has 0 bridgehead atoms. The van der Waals surface area contributed by atoms with Crippen molar-refractivity contribution >= 4 is 33.3 Å². The first kappa shape index (κ1) is 10.6. The maximum atomic E-state index is 8.59. The van der Waals surface area contributed by atoms with Crippen LogP contribution in [0.1, 0.15) is 0 Å². The molecule has 0 atom stereocenters. The summed E-state index contributed by atoms with van der Waals surface area (Å²) in [6.45, 7) is 0. The molecule has 0 spiro atoms. The molecule has 0 amide bonds. The molecule has 68 valence electrons. The largest absolute Gasteiger partial charge is 0.192 e. The van der Waals surface area contributed by atoms with Gasteiger partial charge in [-0.15, -0.1) is 0 Å². The number of hydrogen-bond acceptors (Lipinski definition) is 2. The molecular formula is C10H4Cl2N2. The Morgan fingerprint density at radius 1 is 0.929 bits per heavy atom. The fraction of sp³-hybridized carbons (Fsp3) is 0. The summed E-state index contributed by atoms with van der Waals surface area (Å²) in [5.74, 6) is 0. The third kappa shape index (κ3) is 2.26. The van der Waals surface area contributed by atoms with E-state index in [9.17, 15) is 0 Å². The minimum Gasteiger partial charge on any atom is -0.192 e. The van der Waals surface area contributed by atoms with Gasteiger partial charge in [0, 0.05) is 10.4 Å². The van der Waals surface area contributed by atoms with Gasteiger partial charge in [0.2, 0.25) is 0 Å². The Kier molecular flexibility index (Phi) is 3.54. The van der Waals surface area contributed by atoms with E-state index in [0.29, 0.717) is 10.4 Å². The molecule has 1 aromatic carbocycles. The monoisotopic (exact) mass is 222 g/mol. The zero-order chi connectivity index (χ0) is 10.6. The van der Waals surface area contributed by atoms with E-state index in [1.54, 1.807) is 36.4 Å². The van der Waals surface area contributed by atoms with Gasteiger partial charge in [-0.05, 0) is 0 Å². The molecule has 0 aliphatic rings. The van der Waals surface area contributed by atoms with Gasteiger partial charge in [-0.2, -0.15) is 10.5 Å². The molecule has 0 radical (unpaired) electrons. The van der Waals surface area contributed by atoms with Crippen LogP contribution in [-0.4, -0.2) is 0 Å². The molecule has 0 saturated carbocycles. The van der Waals surface area contributed by atoms with E-state index in [0.717, 1.165) is 0 Å². The number of halogens is 2. The second kappa shape index (κ2) is 4.67. The molecule has 1 aromatic rings. The predicted molar refractivity (Wildman–Crippen MR) is 55.4 cm³/mol. The lowest BCUT2D eigenvalue weighted by atomic mass is 10.2. The van der Waals surface area contributed by atoms with Crippen molar-refractivity contribution in [2.75, 3.05) is 0 Å². The predicted octanol–water partition coefficient (Wildman–Crippen LogP) is 1.43. The van der Waals surface area contributed by atoms with Crippen molar-refractivity contribution in [2.24, 2.45) is 0 Å². The summed E-state index contributed by atoms with van der Waals surface area (Å²) >= 11 is 11.1. The fourth-order valence-electron chi connectivity index (χ4n) is 0.917. The van der Waals surface area contributed by atoms with Crippen LogP contribution in [0.15, 0.2) is 24.3 Å². The molecule has 14 heavy (non-hydrogen) atoms. The van der Waals surface area contributed by atoms with Gasteiger partial charge >= 0.3 is 0 Å². The zero-order valence-corrected chi connectivity index (χ0v) is 8.47. The van der Waals surface area contributed by atoms with Crippen LogP contribution in [0, 0.1) is 22.7 Å². The lowest BCUT2D eigenvalue weighted by Crippen LogP contribution is -2.09. The van der Waals surface area contributed by atoms with Gasteiger partial charge in [0.15, 0.2) is 0 Å². The lowest BCUT2D eigenvalue weighted by Gasteiger charge is -1.88. The summed E-state index contributed by atoms with van der Waals surface area (Å²) in [7, 11) is 0. The fourth-order valence-corrected chi connectivity index (χ4v) is 1.17. The van der Waals surface area contributed by atoms with Crippen LogP contribution < -0.4 is 10.4 Å². The first-order chi connectivity index (χ1) is 6.69.